The highest BCUT2D eigenvalue weighted by molar-refractivity contribution is 6.29. The minimum atomic E-state index is 0.425. The molecule has 2 heterocycles. The molecule has 2 rings (SSSR count). The summed E-state index contributed by atoms with van der Waals surface area (Å²) >= 11 is 5.85. The lowest BCUT2D eigenvalue weighted by molar-refractivity contribution is 1.02. The van der Waals surface area contributed by atoms with E-state index in [9.17, 15) is 0 Å². The van der Waals surface area contributed by atoms with Gasteiger partial charge >= 0.3 is 0 Å². The second-order valence-corrected chi connectivity index (χ2v) is 3.53. The van der Waals surface area contributed by atoms with Crippen molar-refractivity contribution in [3.8, 4) is 11.5 Å². The van der Waals surface area contributed by atoms with Gasteiger partial charge in [0.15, 0.2) is 5.82 Å². The van der Waals surface area contributed by atoms with Gasteiger partial charge in [0.2, 0.25) is 0 Å². The fourth-order valence-corrected chi connectivity index (χ4v) is 1.46. The van der Waals surface area contributed by atoms with Crippen molar-refractivity contribution in [2.75, 3.05) is 0 Å². The first kappa shape index (κ1) is 9.98. The Balaban J connectivity index is 2.54. The van der Waals surface area contributed by atoms with Crippen LogP contribution in [0.3, 0.4) is 0 Å². The normalized spacial score (nSPS) is 10.3. The molecular formula is C10H9ClN4. The average molecular weight is 221 g/mol. The summed E-state index contributed by atoms with van der Waals surface area (Å²) in [6.45, 7) is 3.69. The van der Waals surface area contributed by atoms with Crippen LogP contribution in [-0.2, 0) is 0 Å². The summed E-state index contributed by atoms with van der Waals surface area (Å²) in [6.07, 6.45) is 1.68. The standard InChI is InChI=1S/C10H9ClN4/c1-6-5-9(11)15-10(13-6)8-3-4-12-7(2)14-8/h3-5H,1-2H3. The van der Waals surface area contributed by atoms with E-state index in [1.165, 1.54) is 0 Å². The smallest absolute Gasteiger partial charge is 0.179 e. The maximum Gasteiger partial charge on any atom is 0.179 e. The van der Waals surface area contributed by atoms with Crippen molar-refractivity contribution >= 4 is 11.6 Å². The van der Waals surface area contributed by atoms with Crippen molar-refractivity contribution in [2.24, 2.45) is 0 Å². The molecule has 15 heavy (non-hydrogen) atoms. The third-order valence-corrected chi connectivity index (χ3v) is 2.02. The lowest BCUT2D eigenvalue weighted by Gasteiger charge is -2.01. The van der Waals surface area contributed by atoms with E-state index in [1.807, 2.05) is 13.8 Å². The van der Waals surface area contributed by atoms with Gasteiger partial charge in [-0.3, -0.25) is 0 Å². The van der Waals surface area contributed by atoms with Gasteiger partial charge in [-0.15, -0.1) is 0 Å². The minimum Gasteiger partial charge on any atom is -0.242 e. The van der Waals surface area contributed by atoms with Gasteiger partial charge in [-0.2, -0.15) is 0 Å². The molecule has 0 saturated heterocycles. The monoisotopic (exact) mass is 220 g/mol. The Kier molecular flexibility index (Phi) is 2.60. The molecule has 0 unspecified atom stereocenters. The van der Waals surface area contributed by atoms with E-state index < -0.39 is 0 Å². The molecule has 0 saturated carbocycles. The third-order valence-electron chi connectivity index (χ3n) is 1.83. The summed E-state index contributed by atoms with van der Waals surface area (Å²) in [5.41, 5.74) is 1.51. The van der Waals surface area contributed by atoms with Crippen molar-refractivity contribution in [1.29, 1.82) is 0 Å². The molecule has 0 radical (unpaired) electrons. The molecule has 0 N–H and O–H groups in total. The van der Waals surface area contributed by atoms with Crippen molar-refractivity contribution in [3.05, 3.63) is 35.0 Å². The van der Waals surface area contributed by atoms with Crippen LogP contribution in [0, 0.1) is 13.8 Å². The van der Waals surface area contributed by atoms with E-state index in [2.05, 4.69) is 19.9 Å². The number of halogens is 1. The van der Waals surface area contributed by atoms with Gasteiger partial charge in [0.25, 0.3) is 0 Å². The first-order valence-corrected chi connectivity index (χ1v) is 4.84. The van der Waals surface area contributed by atoms with Crippen molar-refractivity contribution in [3.63, 3.8) is 0 Å². The van der Waals surface area contributed by atoms with E-state index in [0.717, 1.165) is 5.69 Å². The lowest BCUT2D eigenvalue weighted by Crippen LogP contribution is -1.96. The molecule has 0 spiro atoms. The SMILES string of the molecule is Cc1cc(Cl)nc(-c2ccnc(C)n2)n1. The molecule has 0 aliphatic carbocycles. The van der Waals surface area contributed by atoms with Crippen LogP contribution in [0.1, 0.15) is 11.5 Å². The Bertz CT molecular complexity index is 478. The Labute approximate surface area is 92.4 Å². The molecule has 76 valence electrons. The molecule has 0 bridgehead atoms. The number of rotatable bonds is 1. The minimum absolute atomic E-state index is 0.425. The highest BCUT2D eigenvalue weighted by atomic mass is 35.5. The number of aryl methyl sites for hydroxylation is 2. The van der Waals surface area contributed by atoms with Crippen molar-refractivity contribution in [2.45, 2.75) is 13.8 Å². The molecule has 2 aromatic heterocycles. The summed E-state index contributed by atoms with van der Waals surface area (Å²) in [5, 5.41) is 0.425. The number of nitrogens with zero attached hydrogens (tertiary/aromatic N) is 4. The summed E-state index contributed by atoms with van der Waals surface area (Å²) < 4.78 is 0. The predicted octanol–water partition coefficient (Wildman–Crippen LogP) is 2.20. The predicted molar refractivity (Wildman–Crippen MR) is 57.5 cm³/mol. The lowest BCUT2D eigenvalue weighted by atomic mass is 10.3. The second kappa shape index (κ2) is 3.90. The van der Waals surface area contributed by atoms with Crippen LogP contribution < -0.4 is 0 Å². The zero-order chi connectivity index (χ0) is 10.8. The van der Waals surface area contributed by atoms with Gasteiger partial charge in [0.05, 0.1) is 0 Å². The third kappa shape index (κ3) is 2.27. The quantitative estimate of drug-likeness (QED) is 0.692. The fraction of sp³-hybridized carbons (Fsp3) is 0.200. The molecule has 0 aliphatic heterocycles. The molecule has 0 amide bonds. The average Bonchev–Trinajstić information content (AvgIpc) is 2.16. The van der Waals surface area contributed by atoms with Crippen molar-refractivity contribution < 1.29 is 0 Å². The molecule has 4 nitrogen and oxygen atoms in total. The molecule has 0 fully saturated rings. The van der Waals surface area contributed by atoms with E-state index in [0.29, 0.717) is 22.5 Å². The summed E-state index contributed by atoms with van der Waals surface area (Å²) in [4.78, 5) is 16.6. The maximum absolute atomic E-state index is 5.85. The number of hydrogen-bond acceptors (Lipinski definition) is 4. The zero-order valence-electron chi connectivity index (χ0n) is 8.40. The Morgan fingerprint density at radius 2 is 1.93 bits per heavy atom. The molecule has 5 heteroatoms. The van der Waals surface area contributed by atoms with E-state index in [-0.39, 0.29) is 0 Å². The van der Waals surface area contributed by atoms with Crippen LogP contribution in [0.5, 0.6) is 0 Å². The van der Waals surface area contributed by atoms with Crippen LogP contribution in [0.15, 0.2) is 18.3 Å². The summed E-state index contributed by atoms with van der Waals surface area (Å²) in [6, 6.07) is 3.47. The van der Waals surface area contributed by atoms with Gasteiger partial charge in [-0.25, -0.2) is 19.9 Å². The zero-order valence-corrected chi connectivity index (χ0v) is 9.15. The highest BCUT2D eigenvalue weighted by Gasteiger charge is 2.05. The highest BCUT2D eigenvalue weighted by Crippen LogP contribution is 2.15. The largest absolute Gasteiger partial charge is 0.242 e. The maximum atomic E-state index is 5.85. The second-order valence-electron chi connectivity index (χ2n) is 3.14. The van der Waals surface area contributed by atoms with Crippen LogP contribution in [0.25, 0.3) is 11.5 Å². The first-order valence-electron chi connectivity index (χ1n) is 4.46. The van der Waals surface area contributed by atoms with Gasteiger partial charge in [0.1, 0.15) is 16.7 Å². The van der Waals surface area contributed by atoms with Crippen LogP contribution >= 0.6 is 11.6 Å². The molecular weight excluding hydrogens is 212 g/mol. The fourth-order valence-electron chi connectivity index (χ4n) is 1.23. The summed E-state index contributed by atoms with van der Waals surface area (Å²) in [5.74, 6) is 1.22. The van der Waals surface area contributed by atoms with Gasteiger partial charge < -0.3 is 0 Å². The molecule has 0 atom stereocenters. The summed E-state index contributed by atoms with van der Waals surface area (Å²) in [7, 11) is 0. The number of aromatic nitrogens is 4. The van der Waals surface area contributed by atoms with Gasteiger partial charge in [-0.1, -0.05) is 11.6 Å². The Morgan fingerprint density at radius 3 is 2.60 bits per heavy atom. The van der Waals surface area contributed by atoms with Crippen LogP contribution in [0.4, 0.5) is 0 Å². The van der Waals surface area contributed by atoms with Gasteiger partial charge in [0, 0.05) is 11.9 Å². The molecule has 2 aromatic rings. The molecule has 0 aliphatic rings. The first-order chi connectivity index (χ1) is 7.15. The van der Waals surface area contributed by atoms with Crippen LogP contribution in [0.2, 0.25) is 5.15 Å². The van der Waals surface area contributed by atoms with Crippen LogP contribution in [-0.4, -0.2) is 19.9 Å². The Morgan fingerprint density at radius 1 is 1.13 bits per heavy atom. The van der Waals surface area contributed by atoms with E-state index in [4.69, 9.17) is 11.6 Å². The van der Waals surface area contributed by atoms with E-state index in [1.54, 1.807) is 18.3 Å². The van der Waals surface area contributed by atoms with E-state index >= 15 is 0 Å². The Hall–Kier alpha value is -1.55. The molecule has 0 aromatic carbocycles. The number of hydrogen-bond donors (Lipinski definition) is 0. The van der Waals surface area contributed by atoms with Gasteiger partial charge in [-0.05, 0) is 26.0 Å². The topological polar surface area (TPSA) is 51.6 Å². The van der Waals surface area contributed by atoms with Crippen molar-refractivity contribution in [1.82, 2.24) is 19.9 Å².